The van der Waals surface area contributed by atoms with Crippen LogP contribution in [0, 0.1) is 0 Å². The number of rotatable bonds is 6. The average Bonchev–Trinajstić information content (AvgIpc) is 3.41. The molecule has 2 aliphatic heterocycles. The van der Waals surface area contributed by atoms with E-state index in [1.807, 2.05) is 24.3 Å². The van der Waals surface area contributed by atoms with Gasteiger partial charge < -0.3 is 0 Å². The molecular formula is C20H24BrIN2O2S2. The van der Waals surface area contributed by atoms with Crippen LogP contribution in [0.1, 0.15) is 31.2 Å². The van der Waals surface area contributed by atoms with Crippen LogP contribution in [0.15, 0.2) is 33.0 Å². The van der Waals surface area contributed by atoms with Crippen molar-refractivity contribution in [2.45, 2.75) is 35.9 Å². The van der Waals surface area contributed by atoms with E-state index in [-0.39, 0.29) is 0 Å². The maximum atomic E-state index is 13.6. The normalized spacial score (nSPS) is 22.1. The van der Waals surface area contributed by atoms with Crippen LogP contribution in [-0.2, 0) is 10.0 Å². The van der Waals surface area contributed by atoms with Crippen LogP contribution in [0.3, 0.4) is 0 Å². The number of hydrogen-bond acceptors (Lipinski definition) is 4. The lowest BCUT2D eigenvalue weighted by atomic mass is 10.1. The number of nitrogens with zero attached hydrogens (tertiary/aromatic N) is 2. The number of sulfonamides is 1. The quantitative estimate of drug-likeness (QED) is 0.334. The molecule has 0 unspecified atom stereocenters. The molecule has 8 heteroatoms. The first kappa shape index (κ1) is 21.2. The van der Waals surface area contributed by atoms with Crippen LogP contribution in [0.5, 0.6) is 0 Å². The SMILES string of the molecule is O=S(=O)(c1sc2ccc(Br)cc2c1/C=C\CCI)N1CC[C@@H](N2CCCC2)C1. The lowest BCUT2D eigenvalue weighted by Gasteiger charge is -2.23. The van der Waals surface area contributed by atoms with E-state index in [2.05, 4.69) is 49.5 Å². The zero-order valence-electron chi connectivity index (χ0n) is 15.6. The first-order chi connectivity index (χ1) is 13.5. The van der Waals surface area contributed by atoms with Crippen molar-refractivity contribution >= 4 is 76.0 Å². The largest absolute Gasteiger partial charge is 0.299 e. The van der Waals surface area contributed by atoms with Gasteiger partial charge in [-0.15, -0.1) is 11.3 Å². The molecule has 0 radical (unpaired) electrons. The molecular weight excluding hydrogens is 571 g/mol. The Morgan fingerprint density at radius 2 is 2.04 bits per heavy atom. The van der Waals surface area contributed by atoms with Crippen molar-refractivity contribution in [2.24, 2.45) is 0 Å². The summed E-state index contributed by atoms with van der Waals surface area (Å²) in [6.07, 6.45) is 8.44. The molecule has 0 spiro atoms. The van der Waals surface area contributed by atoms with Crippen LogP contribution in [0.4, 0.5) is 0 Å². The zero-order chi connectivity index (χ0) is 19.7. The standard InChI is InChI=1S/C20H24BrIN2O2S2/c21-15-6-7-19-18(13-15)17(5-1-2-9-22)20(27-19)28(25,26)24-12-8-16(14-24)23-10-3-4-11-23/h1,5-7,13,16H,2-4,8-12,14H2/b5-1-/t16-/m1/s1. The molecule has 152 valence electrons. The number of benzene rings is 1. The van der Waals surface area contributed by atoms with Gasteiger partial charge in [0.05, 0.1) is 0 Å². The molecule has 1 atom stereocenters. The summed E-state index contributed by atoms with van der Waals surface area (Å²) in [5, 5.41) is 1.01. The van der Waals surface area contributed by atoms with Gasteiger partial charge in [-0.3, -0.25) is 4.90 Å². The van der Waals surface area contributed by atoms with Crippen molar-refractivity contribution in [2.75, 3.05) is 30.6 Å². The maximum absolute atomic E-state index is 13.6. The number of alkyl halides is 1. The smallest absolute Gasteiger partial charge is 0.253 e. The van der Waals surface area contributed by atoms with Gasteiger partial charge in [-0.1, -0.05) is 50.7 Å². The lowest BCUT2D eigenvalue weighted by Crippen LogP contribution is -2.37. The number of allylic oxidation sites excluding steroid dienone is 1. The molecule has 2 saturated heterocycles. The molecule has 0 amide bonds. The van der Waals surface area contributed by atoms with Crippen molar-refractivity contribution in [3.05, 3.63) is 34.3 Å². The average molecular weight is 595 g/mol. The summed E-state index contributed by atoms with van der Waals surface area (Å²) in [5.74, 6) is 0. The minimum atomic E-state index is -3.49. The molecule has 4 rings (SSSR count). The predicted molar refractivity (Wildman–Crippen MR) is 130 cm³/mol. The summed E-state index contributed by atoms with van der Waals surface area (Å²) in [4.78, 5) is 2.47. The summed E-state index contributed by atoms with van der Waals surface area (Å²) < 4.78 is 32.4. The predicted octanol–water partition coefficient (Wildman–Crippen LogP) is 5.36. The van der Waals surface area contributed by atoms with E-state index in [0.29, 0.717) is 23.3 Å². The van der Waals surface area contributed by atoms with Crippen molar-refractivity contribution in [3.63, 3.8) is 0 Å². The van der Waals surface area contributed by atoms with Crippen molar-refractivity contribution in [1.29, 1.82) is 0 Å². The van der Waals surface area contributed by atoms with Gasteiger partial charge in [0.1, 0.15) is 4.21 Å². The highest BCUT2D eigenvalue weighted by Gasteiger charge is 2.37. The second-order valence-electron chi connectivity index (χ2n) is 7.37. The minimum absolute atomic E-state index is 0.374. The molecule has 4 nitrogen and oxygen atoms in total. The molecule has 28 heavy (non-hydrogen) atoms. The molecule has 2 aromatic rings. The fraction of sp³-hybridized carbons (Fsp3) is 0.500. The molecule has 2 aliphatic rings. The topological polar surface area (TPSA) is 40.6 Å². The van der Waals surface area contributed by atoms with Crippen molar-refractivity contribution in [1.82, 2.24) is 9.21 Å². The van der Waals surface area contributed by atoms with E-state index in [9.17, 15) is 8.42 Å². The summed E-state index contributed by atoms with van der Waals surface area (Å²) in [6.45, 7) is 3.47. The Hall–Kier alpha value is -0.000000000000000153. The maximum Gasteiger partial charge on any atom is 0.253 e. The van der Waals surface area contributed by atoms with Gasteiger partial charge in [0.25, 0.3) is 10.0 Å². The van der Waals surface area contributed by atoms with Crippen molar-refractivity contribution in [3.8, 4) is 0 Å². The fourth-order valence-corrected chi connectivity index (χ4v) is 8.17. The Bertz CT molecular complexity index is 983. The molecule has 1 aromatic carbocycles. The third-order valence-corrected chi connectivity index (χ3v) is 10.3. The summed E-state index contributed by atoms with van der Waals surface area (Å²) in [7, 11) is -3.49. The van der Waals surface area contributed by atoms with Crippen LogP contribution in [0.2, 0.25) is 0 Å². The lowest BCUT2D eigenvalue weighted by molar-refractivity contribution is 0.251. The van der Waals surface area contributed by atoms with Gasteiger partial charge in [0.2, 0.25) is 0 Å². The Kier molecular flexibility index (Phi) is 6.84. The molecule has 2 fully saturated rings. The highest BCUT2D eigenvalue weighted by Crippen LogP contribution is 2.39. The second-order valence-corrected chi connectivity index (χ2v) is 12.6. The monoisotopic (exact) mass is 594 g/mol. The molecule has 0 N–H and O–H groups in total. The number of halogens is 2. The third kappa shape index (κ3) is 4.23. The second kappa shape index (κ2) is 9.01. The van der Waals surface area contributed by atoms with Crippen molar-refractivity contribution < 1.29 is 8.42 Å². The van der Waals surface area contributed by atoms with E-state index in [4.69, 9.17) is 0 Å². The van der Waals surface area contributed by atoms with Gasteiger partial charge in [-0.05, 0) is 57.0 Å². The molecule has 3 heterocycles. The fourth-order valence-electron chi connectivity index (χ4n) is 4.13. The first-order valence-electron chi connectivity index (χ1n) is 9.69. The summed E-state index contributed by atoms with van der Waals surface area (Å²) in [6, 6.07) is 6.40. The van der Waals surface area contributed by atoms with Crippen LogP contribution >= 0.6 is 49.9 Å². The van der Waals surface area contributed by atoms with E-state index in [1.165, 1.54) is 24.2 Å². The van der Waals surface area contributed by atoms with E-state index < -0.39 is 10.0 Å². The Balaban J connectivity index is 1.69. The number of fused-ring (bicyclic) bond motifs is 1. The van der Waals surface area contributed by atoms with Gasteiger partial charge in [-0.2, -0.15) is 4.31 Å². The van der Waals surface area contributed by atoms with Gasteiger partial charge >= 0.3 is 0 Å². The Morgan fingerprint density at radius 3 is 2.79 bits per heavy atom. The van der Waals surface area contributed by atoms with Crippen LogP contribution in [0.25, 0.3) is 16.2 Å². The van der Waals surface area contributed by atoms with Gasteiger partial charge in [0, 0.05) is 43.7 Å². The third-order valence-electron chi connectivity index (χ3n) is 5.57. The van der Waals surface area contributed by atoms with E-state index >= 15 is 0 Å². The molecule has 0 bridgehead atoms. The summed E-state index contributed by atoms with van der Waals surface area (Å²) in [5.41, 5.74) is 0.843. The highest BCUT2D eigenvalue weighted by atomic mass is 127. The number of thiophene rings is 1. The minimum Gasteiger partial charge on any atom is -0.299 e. The molecule has 1 aromatic heterocycles. The van der Waals surface area contributed by atoms with E-state index in [0.717, 1.165) is 50.5 Å². The zero-order valence-corrected chi connectivity index (χ0v) is 21.0. The Morgan fingerprint density at radius 1 is 1.25 bits per heavy atom. The Labute approximate surface area is 193 Å². The number of hydrogen-bond donors (Lipinski definition) is 0. The first-order valence-corrected chi connectivity index (χ1v) is 14.3. The van der Waals surface area contributed by atoms with Crippen LogP contribution in [-0.4, -0.2) is 54.3 Å². The van der Waals surface area contributed by atoms with E-state index in [1.54, 1.807) is 4.31 Å². The van der Waals surface area contributed by atoms with Gasteiger partial charge in [0.15, 0.2) is 0 Å². The molecule has 0 saturated carbocycles. The van der Waals surface area contributed by atoms with Crippen LogP contribution < -0.4 is 0 Å². The van der Waals surface area contributed by atoms with Gasteiger partial charge in [-0.25, -0.2) is 8.42 Å². The highest BCUT2D eigenvalue weighted by molar-refractivity contribution is 14.1. The number of likely N-dealkylation sites (tertiary alicyclic amines) is 1. The summed E-state index contributed by atoms with van der Waals surface area (Å²) >= 11 is 7.28. The molecule has 0 aliphatic carbocycles.